The fourth-order valence-corrected chi connectivity index (χ4v) is 3.66. The summed E-state index contributed by atoms with van der Waals surface area (Å²) in [6.45, 7) is 10.4. The second kappa shape index (κ2) is 7.76. The average Bonchev–Trinajstić information content (AvgIpc) is 3.01. The Balaban J connectivity index is 1.48. The number of hydrogen-bond acceptors (Lipinski definition) is 5. The van der Waals surface area contributed by atoms with Gasteiger partial charge in [0.1, 0.15) is 0 Å². The zero-order valence-corrected chi connectivity index (χ0v) is 15.9. The Morgan fingerprint density at radius 2 is 2.16 bits per heavy atom. The summed E-state index contributed by atoms with van der Waals surface area (Å²) < 4.78 is 5.40. The number of carbonyl (C=O) groups is 1. The van der Waals surface area contributed by atoms with Gasteiger partial charge in [0, 0.05) is 25.2 Å². The minimum atomic E-state index is -0.0685. The summed E-state index contributed by atoms with van der Waals surface area (Å²) in [5.74, 6) is 0.390. The van der Waals surface area contributed by atoms with E-state index in [9.17, 15) is 4.79 Å². The summed E-state index contributed by atoms with van der Waals surface area (Å²) >= 11 is 1.43. The Kier molecular flexibility index (Phi) is 5.66. The summed E-state index contributed by atoms with van der Waals surface area (Å²) in [5.41, 5.74) is 3.06. The van der Waals surface area contributed by atoms with E-state index in [1.165, 1.54) is 17.3 Å². The Hall–Kier alpha value is -1.57. The molecule has 1 aromatic carbocycles. The summed E-state index contributed by atoms with van der Waals surface area (Å²) in [7, 11) is 0. The van der Waals surface area contributed by atoms with Crippen molar-refractivity contribution in [2.45, 2.75) is 31.5 Å². The molecule has 0 bridgehead atoms. The van der Waals surface area contributed by atoms with Crippen LogP contribution >= 0.6 is 11.8 Å². The Bertz CT molecular complexity index is 738. The maximum atomic E-state index is 12.2. The maximum absolute atomic E-state index is 12.2. The lowest BCUT2D eigenvalue weighted by Crippen LogP contribution is -2.55. The summed E-state index contributed by atoms with van der Waals surface area (Å²) in [5, 5.41) is 3.83. The van der Waals surface area contributed by atoms with Crippen molar-refractivity contribution in [1.82, 2.24) is 20.2 Å². The lowest BCUT2D eigenvalue weighted by molar-refractivity contribution is -0.119. The van der Waals surface area contributed by atoms with E-state index in [-0.39, 0.29) is 11.4 Å². The Morgan fingerprint density at radius 1 is 1.40 bits per heavy atom. The molecule has 0 aliphatic carbocycles. The number of benzene rings is 1. The highest BCUT2D eigenvalue weighted by Crippen LogP contribution is 2.20. The molecule has 1 aliphatic rings. The lowest BCUT2D eigenvalue weighted by atomic mass is 10.0. The number of aryl methyl sites for hydroxylation is 1. The predicted molar refractivity (Wildman–Crippen MR) is 101 cm³/mol. The molecule has 0 unspecified atom stereocenters. The standard InChI is InChI=1S/C18H26N4O2S/c1-13-4-5-14-15(10-13)21-17(20-14)25-11-16(23)19-12-18(2,3)22-6-8-24-9-7-22/h4-5,10H,6-9,11-12H2,1-3H3,(H,19,23)(H,20,21). The predicted octanol–water partition coefficient (Wildman–Crippen LogP) is 2.19. The van der Waals surface area contributed by atoms with Crippen molar-refractivity contribution >= 4 is 28.7 Å². The number of aromatic nitrogens is 2. The SMILES string of the molecule is Cc1ccc2nc(SCC(=O)NCC(C)(C)N3CCOCC3)[nH]c2c1. The molecule has 7 heteroatoms. The number of aromatic amines is 1. The number of rotatable bonds is 6. The van der Waals surface area contributed by atoms with Crippen LogP contribution in [-0.2, 0) is 9.53 Å². The molecule has 1 fully saturated rings. The van der Waals surface area contributed by atoms with E-state index in [1.54, 1.807) is 0 Å². The quantitative estimate of drug-likeness (QED) is 0.771. The molecular weight excluding hydrogens is 336 g/mol. The second-order valence-electron chi connectivity index (χ2n) is 7.04. The van der Waals surface area contributed by atoms with Gasteiger partial charge in [0.05, 0.1) is 30.0 Å². The van der Waals surface area contributed by atoms with Crippen molar-refractivity contribution in [3.8, 4) is 0 Å². The first-order valence-electron chi connectivity index (χ1n) is 8.63. The molecule has 1 saturated heterocycles. The minimum absolute atomic E-state index is 0.0305. The van der Waals surface area contributed by atoms with Gasteiger partial charge in [-0.3, -0.25) is 9.69 Å². The van der Waals surface area contributed by atoms with E-state index in [2.05, 4.69) is 47.0 Å². The number of ether oxygens (including phenoxy) is 1. The van der Waals surface area contributed by atoms with Crippen molar-refractivity contribution in [2.75, 3.05) is 38.6 Å². The van der Waals surface area contributed by atoms with Gasteiger partial charge in [-0.2, -0.15) is 0 Å². The van der Waals surface area contributed by atoms with Gasteiger partial charge in [0.2, 0.25) is 5.91 Å². The highest BCUT2D eigenvalue weighted by molar-refractivity contribution is 7.99. The number of morpholine rings is 1. The first-order valence-corrected chi connectivity index (χ1v) is 9.61. The molecule has 2 N–H and O–H groups in total. The third-order valence-electron chi connectivity index (χ3n) is 4.54. The van der Waals surface area contributed by atoms with Gasteiger partial charge in [-0.25, -0.2) is 4.98 Å². The van der Waals surface area contributed by atoms with E-state index in [1.807, 2.05) is 12.1 Å². The van der Waals surface area contributed by atoms with Crippen molar-refractivity contribution in [3.05, 3.63) is 23.8 Å². The smallest absolute Gasteiger partial charge is 0.230 e. The van der Waals surface area contributed by atoms with Crippen LogP contribution in [0.4, 0.5) is 0 Å². The molecular formula is C18H26N4O2S. The molecule has 2 aromatic rings. The maximum Gasteiger partial charge on any atom is 0.230 e. The van der Waals surface area contributed by atoms with Crippen molar-refractivity contribution < 1.29 is 9.53 Å². The molecule has 0 radical (unpaired) electrons. The van der Waals surface area contributed by atoms with Crippen LogP contribution in [0, 0.1) is 6.92 Å². The van der Waals surface area contributed by atoms with Crippen LogP contribution in [0.2, 0.25) is 0 Å². The van der Waals surface area contributed by atoms with Crippen LogP contribution < -0.4 is 5.32 Å². The molecule has 0 spiro atoms. The Morgan fingerprint density at radius 3 is 2.92 bits per heavy atom. The molecule has 25 heavy (non-hydrogen) atoms. The normalized spacial score (nSPS) is 16.3. The zero-order chi connectivity index (χ0) is 17.9. The number of imidazole rings is 1. The number of hydrogen-bond donors (Lipinski definition) is 2. The number of carbonyl (C=O) groups excluding carboxylic acids is 1. The monoisotopic (exact) mass is 362 g/mol. The number of thioether (sulfide) groups is 1. The van der Waals surface area contributed by atoms with Crippen molar-refractivity contribution in [3.63, 3.8) is 0 Å². The molecule has 0 saturated carbocycles. The average molecular weight is 362 g/mol. The summed E-state index contributed by atoms with van der Waals surface area (Å²) in [6.07, 6.45) is 0. The van der Waals surface area contributed by atoms with Gasteiger partial charge >= 0.3 is 0 Å². The van der Waals surface area contributed by atoms with Crippen LogP contribution in [0.5, 0.6) is 0 Å². The highest BCUT2D eigenvalue weighted by Gasteiger charge is 2.28. The van der Waals surface area contributed by atoms with Gasteiger partial charge in [0.25, 0.3) is 0 Å². The molecule has 6 nitrogen and oxygen atoms in total. The van der Waals surface area contributed by atoms with Crippen LogP contribution in [0.15, 0.2) is 23.4 Å². The van der Waals surface area contributed by atoms with Gasteiger partial charge in [-0.15, -0.1) is 0 Å². The molecule has 1 aliphatic heterocycles. The third kappa shape index (κ3) is 4.74. The van der Waals surface area contributed by atoms with Gasteiger partial charge in [-0.05, 0) is 38.5 Å². The molecule has 1 amide bonds. The molecule has 2 heterocycles. The topological polar surface area (TPSA) is 70.2 Å². The molecule has 1 aromatic heterocycles. The number of nitrogens with zero attached hydrogens (tertiary/aromatic N) is 2. The third-order valence-corrected chi connectivity index (χ3v) is 5.41. The first kappa shape index (κ1) is 18.2. The molecule has 0 atom stereocenters. The highest BCUT2D eigenvalue weighted by atomic mass is 32.2. The number of amides is 1. The molecule has 136 valence electrons. The van der Waals surface area contributed by atoms with E-state index < -0.39 is 0 Å². The number of H-pyrrole nitrogens is 1. The van der Waals surface area contributed by atoms with E-state index >= 15 is 0 Å². The summed E-state index contributed by atoms with van der Waals surface area (Å²) in [4.78, 5) is 22.3. The lowest BCUT2D eigenvalue weighted by Gasteiger charge is -2.40. The van der Waals surface area contributed by atoms with Gasteiger partial charge in [-0.1, -0.05) is 17.8 Å². The van der Waals surface area contributed by atoms with Gasteiger partial charge < -0.3 is 15.0 Å². The molecule has 3 rings (SSSR count). The number of nitrogens with one attached hydrogen (secondary N) is 2. The van der Waals surface area contributed by atoms with Crippen LogP contribution in [0.1, 0.15) is 19.4 Å². The van der Waals surface area contributed by atoms with E-state index in [0.717, 1.165) is 42.5 Å². The van der Waals surface area contributed by atoms with Crippen molar-refractivity contribution in [1.29, 1.82) is 0 Å². The largest absolute Gasteiger partial charge is 0.379 e. The fourth-order valence-electron chi connectivity index (χ4n) is 2.95. The zero-order valence-electron chi connectivity index (χ0n) is 15.1. The fraction of sp³-hybridized carbons (Fsp3) is 0.556. The van der Waals surface area contributed by atoms with Crippen LogP contribution in [0.3, 0.4) is 0 Å². The number of fused-ring (bicyclic) bond motifs is 1. The summed E-state index contributed by atoms with van der Waals surface area (Å²) in [6, 6.07) is 6.10. The second-order valence-corrected chi connectivity index (χ2v) is 8.00. The van der Waals surface area contributed by atoms with E-state index in [0.29, 0.717) is 12.3 Å². The Labute approximate surface area is 152 Å². The van der Waals surface area contributed by atoms with Gasteiger partial charge in [0.15, 0.2) is 5.16 Å². The van der Waals surface area contributed by atoms with Crippen LogP contribution in [0.25, 0.3) is 11.0 Å². The minimum Gasteiger partial charge on any atom is -0.379 e. The first-order chi connectivity index (χ1) is 11.9. The van der Waals surface area contributed by atoms with Crippen LogP contribution in [-0.4, -0.2) is 64.9 Å². The van der Waals surface area contributed by atoms with E-state index in [4.69, 9.17) is 4.74 Å². The van der Waals surface area contributed by atoms with Crippen molar-refractivity contribution in [2.24, 2.45) is 0 Å².